The fraction of sp³-hybridized carbons (Fsp3) is 0.400. The molecule has 118 valence electrons. The summed E-state index contributed by atoms with van der Waals surface area (Å²) in [6.45, 7) is 3.62. The number of hydrogen-bond acceptors (Lipinski definition) is 4. The van der Waals surface area contributed by atoms with Crippen molar-refractivity contribution in [2.45, 2.75) is 24.7 Å². The summed E-state index contributed by atoms with van der Waals surface area (Å²) in [5.41, 5.74) is 0.473. The van der Waals surface area contributed by atoms with Gasteiger partial charge in [-0.15, -0.1) is 0 Å². The molecular formula is C15H18N2O4S. The van der Waals surface area contributed by atoms with Gasteiger partial charge < -0.3 is 9.32 Å². The Hall–Kier alpha value is -1.86. The number of furan rings is 1. The van der Waals surface area contributed by atoms with E-state index >= 15 is 0 Å². The van der Waals surface area contributed by atoms with Crippen molar-refractivity contribution in [1.82, 2.24) is 4.90 Å². The zero-order valence-corrected chi connectivity index (χ0v) is 13.1. The van der Waals surface area contributed by atoms with E-state index in [4.69, 9.17) is 9.56 Å². The smallest absolute Gasteiger partial charge is 0.289 e. The summed E-state index contributed by atoms with van der Waals surface area (Å²) in [5.74, 6) is 0.716. The van der Waals surface area contributed by atoms with E-state index in [-0.39, 0.29) is 16.6 Å². The van der Waals surface area contributed by atoms with Gasteiger partial charge in [-0.1, -0.05) is 6.92 Å². The molecule has 1 fully saturated rings. The first-order valence-corrected chi connectivity index (χ1v) is 8.75. The summed E-state index contributed by atoms with van der Waals surface area (Å²) >= 11 is 0. The van der Waals surface area contributed by atoms with Crippen LogP contribution >= 0.6 is 0 Å². The number of amides is 1. The zero-order chi connectivity index (χ0) is 15.9. The number of sulfonamides is 1. The molecule has 1 saturated heterocycles. The van der Waals surface area contributed by atoms with E-state index in [1.54, 1.807) is 11.0 Å². The van der Waals surface area contributed by atoms with Gasteiger partial charge in [0.25, 0.3) is 5.91 Å². The number of carbonyl (C=O) groups excluding carboxylic acids is 1. The second-order valence-corrected chi connectivity index (χ2v) is 7.39. The molecule has 0 bridgehead atoms. The Morgan fingerprint density at radius 3 is 2.59 bits per heavy atom. The van der Waals surface area contributed by atoms with Gasteiger partial charge in [-0.3, -0.25) is 4.79 Å². The van der Waals surface area contributed by atoms with Crippen LogP contribution in [0.2, 0.25) is 0 Å². The quantitative estimate of drug-likeness (QED) is 0.914. The summed E-state index contributed by atoms with van der Waals surface area (Å²) in [6, 6.07) is 5.88. The Kier molecular flexibility index (Phi) is 3.70. The van der Waals surface area contributed by atoms with Crippen LogP contribution in [0.1, 0.15) is 30.3 Å². The molecule has 1 aromatic heterocycles. The van der Waals surface area contributed by atoms with Crippen LogP contribution in [0.4, 0.5) is 0 Å². The molecule has 1 amide bonds. The van der Waals surface area contributed by atoms with Crippen molar-refractivity contribution in [3.63, 3.8) is 0 Å². The Morgan fingerprint density at radius 1 is 1.27 bits per heavy atom. The van der Waals surface area contributed by atoms with Crippen molar-refractivity contribution < 1.29 is 17.6 Å². The number of fused-ring (bicyclic) bond motifs is 1. The Bertz CT molecular complexity index is 817. The minimum Gasteiger partial charge on any atom is -0.451 e. The molecule has 1 aliphatic rings. The van der Waals surface area contributed by atoms with E-state index < -0.39 is 10.0 Å². The van der Waals surface area contributed by atoms with Gasteiger partial charge >= 0.3 is 0 Å². The highest BCUT2D eigenvalue weighted by molar-refractivity contribution is 7.89. The summed E-state index contributed by atoms with van der Waals surface area (Å²) < 4.78 is 28.3. The van der Waals surface area contributed by atoms with Gasteiger partial charge in [0.05, 0.1) is 4.90 Å². The van der Waals surface area contributed by atoms with Crippen molar-refractivity contribution in [3.05, 3.63) is 30.0 Å². The Morgan fingerprint density at radius 2 is 1.95 bits per heavy atom. The van der Waals surface area contributed by atoms with Crippen molar-refractivity contribution in [1.29, 1.82) is 0 Å². The summed E-state index contributed by atoms with van der Waals surface area (Å²) in [4.78, 5) is 14.2. The first-order valence-electron chi connectivity index (χ1n) is 7.20. The molecule has 0 spiro atoms. The minimum absolute atomic E-state index is 0.00611. The molecule has 7 heteroatoms. The maximum absolute atomic E-state index is 12.4. The average Bonchev–Trinajstić information content (AvgIpc) is 2.89. The number of hydrogen-bond donors (Lipinski definition) is 1. The molecule has 6 nitrogen and oxygen atoms in total. The minimum atomic E-state index is -3.77. The van der Waals surface area contributed by atoms with Crippen molar-refractivity contribution in [3.8, 4) is 0 Å². The molecule has 0 atom stereocenters. The maximum Gasteiger partial charge on any atom is 0.289 e. The molecule has 0 saturated carbocycles. The molecule has 3 rings (SSSR count). The third kappa shape index (κ3) is 2.86. The number of primary sulfonamides is 1. The highest BCUT2D eigenvalue weighted by Gasteiger charge is 2.24. The van der Waals surface area contributed by atoms with Crippen molar-refractivity contribution in [2.24, 2.45) is 11.1 Å². The normalized spacial score (nSPS) is 17.1. The van der Waals surface area contributed by atoms with E-state index in [0.29, 0.717) is 16.9 Å². The highest BCUT2D eigenvalue weighted by atomic mass is 32.2. The third-order valence-electron chi connectivity index (χ3n) is 4.10. The fourth-order valence-corrected chi connectivity index (χ4v) is 3.22. The van der Waals surface area contributed by atoms with Gasteiger partial charge in [0, 0.05) is 18.5 Å². The second kappa shape index (κ2) is 5.40. The fourth-order valence-electron chi connectivity index (χ4n) is 2.67. The summed E-state index contributed by atoms with van der Waals surface area (Å²) in [5, 5.41) is 5.67. The maximum atomic E-state index is 12.4. The summed E-state index contributed by atoms with van der Waals surface area (Å²) in [6.07, 6.45) is 1.98. The van der Waals surface area contributed by atoms with Crippen LogP contribution in [-0.4, -0.2) is 32.3 Å². The number of benzene rings is 1. The molecule has 2 heterocycles. The monoisotopic (exact) mass is 322 g/mol. The molecule has 0 unspecified atom stereocenters. The largest absolute Gasteiger partial charge is 0.451 e. The van der Waals surface area contributed by atoms with E-state index in [1.165, 1.54) is 18.2 Å². The molecule has 1 aliphatic heterocycles. The van der Waals surface area contributed by atoms with Crippen LogP contribution in [-0.2, 0) is 10.0 Å². The molecule has 0 radical (unpaired) electrons. The zero-order valence-electron chi connectivity index (χ0n) is 12.3. The van der Waals surface area contributed by atoms with Crippen LogP contribution in [0, 0.1) is 5.92 Å². The number of nitrogens with two attached hydrogens (primary N) is 1. The first kappa shape index (κ1) is 15.1. The van der Waals surface area contributed by atoms with Gasteiger partial charge in [-0.25, -0.2) is 13.6 Å². The van der Waals surface area contributed by atoms with E-state index in [9.17, 15) is 13.2 Å². The average molecular weight is 322 g/mol. The topological polar surface area (TPSA) is 93.6 Å². The van der Waals surface area contributed by atoms with Gasteiger partial charge in [-0.05, 0) is 43.0 Å². The lowest BCUT2D eigenvalue weighted by molar-refractivity contribution is 0.0667. The predicted octanol–water partition coefficient (Wildman–Crippen LogP) is 1.95. The second-order valence-electron chi connectivity index (χ2n) is 5.83. The standard InChI is InChI=1S/C15H18N2O4S/c1-10-4-6-17(7-5-10)15(18)14-9-11-8-12(22(16,19)20)2-3-13(11)21-14/h2-3,8-10H,4-7H2,1H3,(H2,16,19,20). The molecule has 2 aromatic rings. The Labute approximate surface area is 128 Å². The van der Waals surface area contributed by atoms with Crippen molar-refractivity contribution in [2.75, 3.05) is 13.1 Å². The van der Waals surface area contributed by atoms with Gasteiger partial charge in [-0.2, -0.15) is 0 Å². The molecule has 22 heavy (non-hydrogen) atoms. The lowest BCUT2D eigenvalue weighted by Crippen LogP contribution is -2.37. The van der Waals surface area contributed by atoms with Gasteiger partial charge in [0.2, 0.25) is 10.0 Å². The van der Waals surface area contributed by atoms with E-state index in [1.807, 2.05) is 0 Å². The molecular weight excluding hydrogens is 304 g/mol. The SMILES string of the molecule is CC1CCN(C(=O)c2cc3cc(S(N)(=O)=O)ccc3o2)CC1. The van der Waals surface area contributed by atoms with Gasteiger partial charge in [0.1, 0.15) is 5.58 Å². The molecule has 2 N–H and O–H groups in total. The van der Waals surface area contributed by atoms with Crippen molar-refractivity contribution >= 4 is 26.9 Å². The number of rotatable bonds is 2. The van der Waals surface area contributed by atoms with Gasteiger partial charge in [0.15, 0.2) is 5.76 Å². The van der Waals surface area contributed by atoms with Crippen LogP contribution in [0.25, 0.3) is 11.0 Å². The molecule has 0 aliphatic carbocycles. The molecule has 1 aromatic carbocycles. The van der Waals surface area contributed by atoms with E-state index in [0.717, 1.165) is 25.9 Å². The predicted molar refractivity (Wildman–Crippen MR) is 81.9 cm³/mol. The van der Waals surface area contributed by atoms with Crippen LogP contribution in [0.5, 0.6) is 0 Å². The van der Waals surface area contributed by atoms with Crippen LogP contribution in [0.15, 0.2) is 33.6 Å². The Balaban J connectivity index is 1.90. The number of likely N-dealkylation sites (tertiary alicyclic amines) is 1. The first-order chi connectivity index (χ1) is 10.3. The third-order valence-corrected chi connectivity index (χ3v) is 5.01. The lowest BCUT2D eigenvalue weighted by Gasteiger charge is -2.29. The number of carbonyl (C=O) groups is 1. The van der Waals surface area contributed by atoms with Crippen LogP contribution < -0.4 is 5.14 Å². The number of piperidine rings is 1. The highest BCUT2D eigenvalue weighted by Crippen LogP contribution is 2.25. The van der Waals surface area contributed by atoms with Crippen LogP contribution in [0.3, 0.4) is 0 Å². The number of nitrogens with zero attached hydrogens (tertiary/aromatic N) is 1. The lowest BCUT2D eigenvalue weighted by atomic mass is 9.99. The summed E-state index contributed by atoms with van der Waals surface area (Å²) in [7, 11) is -3.77. The van der Waals surface area contributed by atoms with E-state index in [2.05, 4.69) is 6.92 Å².